The highest BCUT2D eigenvalue weighted by atomic mass is 32.2. The van der Waals surface area contributed by atoms with Crippen LogP contribution in [0.5, 0.6) is 0 Å². The van der Waals surface area contributed by atoms with E-state index in [9.17, 15) is 8.42 Å². The number of nitrogens with zero attached hydrogens (tertiary/aromatic N) is 5. The largest absolute Gasteiger partial charge is 0.348 e. The van der Waals surface area contributed by atoms with Crippen molar-refractivity contribution in [3.8, 4) is 0 Å². The molecule has 21 heavy (non-hydrogen) atoms. The van der Waals surface area contributed by atoms with Gasteiger partial charge in [0.25, 0.3) is 0 Å². The van der Waals surface area contributed by atoms with Crippen LogP contribution in [0.25, 0.3) is 0 Å². The number of aromatic nitrogens is 4. The number of nitrogens with one attached hydrogen (secondary N) is 1. The van der Waals surface area contributed by atoms with Gasteiger partial charge in [-0.3, -0.25) is 4.68 Å². The highest BCUT2D eigenvalue weighted by molar-refractivity contribution is 7.88. The summed E-state index contributed by atoms with van der Waals surface area (Å²) in [6.45, 7) is 1.91. The topological polar surface area (TPSA) is 93.0 Å². The van der Waals surface area contributed by atoms with Crippen LogP contribution in [0, 0.1) is 0 Å². The van der Waals surface area contributed by atoms with Gasteiger partial charge in [-0.2, -0.15) is 9.40 Å². The molecule has 0 bridgehead atoms. The summed E-state index contributed by atoms with van der Waals surface area (Å²) >= 11 is 0. The first-order valence-corrected chi connectivity index (χ1v) is 8.39. The van der Waals surface area contributed by atoms with Crippen LogP contribution >= 0.6 is 0 Å². The van der Waals surface area contributed by atoms with Crippen LogP contribution < -0.4 is 5.32 Å². The first-order chi connectivity index (χ1) is 10.0. The maximum absolute atomic E-state index is 11.6. The van der Waals surface area contributed by atoms with Crippen molar-refractivity contribution in [3.05, 3.63) is 35.9 Å². The van der Waals surface area contributed by atoms with E-state index in [0.717, 1.165) is 11.4 Å². The summed E-state index contributed by atoms with van der Waals surface area (Å²) in [5.74, 6) is 0.543. The Morgan fingerprint density at radius 2 is 2.05 bits per heavy atom. The zero-order chi connectivity index (χ0) is 14.9. The zero-order valence-electron chi connectivity index (χ0n) is 11.6. The molecule has 112 valence electrons. The quantitative estimate of drug-likeness (QED) is 0.858. The first kappa shape index (κ1) is 14.0. The molecule has 1 N–H and O–H groups in total. The van der Waals surface area contributed by atoms with Crippen LogP contribution in [0.2, 0.25) is 0 Å². The van der Waals surface area contributed by atoms with Gasteiger partial charge in [-0.1, -0.05) is 0 Å². The van der Waals surface area contributed by atoms with Gasteiger partial charge in [-0.25, -0.2) is 18.4 Å². The third kappa shape index (κ3) is 3.19. The Morgan fingerprint density at radius 3 is 2.76 bits per heavy atom. The molecule has 1 aliphatic heterocycles. The molecule has 3 rings (SSSR count). The summed E-state index contributed by atoms with van der Waals surface area (Å²) in [6, 6.07) is 3.66. The van der Waals surface area contributed by atoms with E-state index in [1.807, 2.05) is 10.7 Å². The van der Waals surface area contributed by atoms with E-state index in [1.54, 1.807) is 18.5 Å². The Kier molecular flexibility index (Phi) is 3.60. The van der Waals surface area contributed by atoms with E-state index in [-0.39, 0.29) is 0 Å². The Balaban J connectivity index is 1.69. The Bertz CT molecular complexity index is 727. The molecular weight excluding hydrogens is 292 g/mol. The summed E-state index contributed by atoms with van der Waals surface area (Å²) in [6.07, 6.45) is 4.56. The van der Waals surface area contributed by atoms with Gasteiger partial charge in [0, 0.05) is 18.9 Å². The van der Waals surface area contributed by atoms with E-state index in [4.69, 9.17) is 0 Å². The maximum Gasteiger partial charge on any atom is 0.222 e. The van der Waals surface area contributed by atoms with Crippen LogP contribution in [-0.2, 0) is 29.7 Å². The average molecular weight is 308 g/mol. The molecule has 0 saturated carbocycles. The van der Waals surface area contributed by atoms with Gasteiger partial charge in [0.15, 0.2) is 0 Å². The summed E-state index contributed by atoms with van der Waals surface area (Å²) < 4.78 is 26.5. The van der Waals surface area contributed by atoms with E-state index < -0.39 is 10.0 Å². The monoisotopic (exact) mass is 308 g/mol. The van der Waals surface area contributed by atoms with Gasteiger partial charge < -0.3 is 5.32 Å². The minimum absolute atomic E-state index is 0.369. The molecule has 8 nitrogen and oxygen atoms in total. The van der Waals surface area contributed by atoms with Crippen molar-refractivity contribution in [2.45, 2.75) is 19.6 Å². The molecule has 2 aromatic rings. The van der Waals surface area contributed by atoms with Crippen LogP contribution in [0.3, 0.4) is 0 Å². The minimum Gasteiger partial charge on any atom is -0.348 e. The third-order valence-electron chi connectivity index (χ3n) is 3.28. The van der Waals surface area contributed by atoms with E-state index in [2.05, 4.69) is 20.4 Å². The lowest BCUT2D eigenvalue weighted by atomic mass is 10.3. The Labute approximate surface area is 122 Å². The van der Waals surface area contributed by atoms with Crippen LogP contribution in [0.1, 0.15) is 11.4 Å². The average Bonchev–Trinajstić information content (AvgIpc) is 2.87. The van der Waals surface area contributed by atoms with Gasteiger partial charge >= 0.3 is 0 Å². The first-order valence-electron chi connectivity index (χ1n) is 6.54. The number of fused-ring (bicyclic) bond motifs is 1. The predicted molar refractivity (Wildman–Crippen MR) is 76.8 cm³/mol. The van der Waals surface area contributed by atoms with Crippen LogP contribution in [-0.4, -0.2) is 45.3 Å². The molecule has 0 atom stereocenters. The Morgan fingerprint density at radius 1 is 1.29 bits per heavy atom. The highest BCUT2D eigenvalue weighted by Crippen LogP contribution is 2.16. The standard InChI is InChI=1S/C12H16N6O2S/c1-21(19,20)17-5-6-18-11(9-17)7-10(16-18)8-15-12-13-3-2-4-14-12/h2-4,7H,5-6,8-9H2,1H3,(H,13,14,15). The van der Waals surface area contributed by atoms with Crippen molar-refractivity contribution in [1.82, 2.24) is 24.1 Å². The number of anilines is 1. The molecule has 0 radical (unpaired) electrons. The molecule has 9 heteroatoms. The normalized spacial score (nSPS) is 15.7. The summed E-state index contributed by atoms with van der Waals surface area (Å²) in [7, 11) is -3.16. The smallest absolute Gasteiger partial charge is 0.222 e. The molecule has 1 aliphatic rings. The molecule has 0 amide bonds. The molecular formula is C12H16N6O2S. The second kappa shape index (κ2) is 5.41. The fourth-order valence-corrected chi connectivity index (χ4v) is 3.01. The second-order valence-corrected chi connectivity index (χ2v) is 6.86. The van der Waals surface area contributed by atoms with Gasteiger partial charge in [-0.05, 0) is 12.1 Å². The summed E-state index contributed by atoms with van der Waals surface area (Å²) in [5, 5.41) is 7.54. The van der Waals surface area contributed by atoms with Crippen molar-refractivity contribution < 1.29 is 8.42 Å². The fourth-order valence-electron chi connectivity index (χ4n) is 2.23. The molecule has 0 saturated heterocycles. The fraction of sp³-hybridized carbons (Fsp3) is 0.417. The van der Waals surface area contributed by atoms with Crippen molar-refractivity contribution in [1.29, 1.82) is 0 Å². The van der Waals surface area contributed by atoms with Gasteiger partial charge in [0.05, 0.1) is 37.3 Å². The molecule has 2 aromatic heterocycles. The maximum atomic E-state index is 11.6. The van der Waals surface area contributed by atoms with Crippen molar-refractivity contribution >= 4 is 16.0 Å². The van der Waals surface area contributed by atoms with Crippen LogP contribution in [0.4, 0.5) is 5.95 Å². The number of sulfonamides is 1. The van der Waals surface area contributed by atoms with E-state index in [0.29, 0.717) is 32.1 Å². The lowest BCUT2D eigenvalue weighted by Gasteiger charge is -2.25. The third-order valence-corrected chi connectivity index (χ3v) is 4.53. The van der Waals surface area contributed by atoms with Gasteiger partial charge in [0.2, 0.25) is 16.0 Å². The Hall–Kier alpha value is -2.00. The van der Waals surface area contributed by atoms with E-state index >= 15 is 0 Å². The molecule has 0 aromatic carbocycles. The van der Waals surface area contributed by atoms with Crippen LogP contribution in [0.15, 0.2) is 24.5 Å². The molecule has 0 aliphatic carbocycles. The number of rotatable bonds is 4. The number of hydrogen-bond acceptors (Lipinski definition) is 6. The van der Waals surface area contributed by atoms with Gasteiger partial charge in [0.1, 0.15) is 0 Å². The van der Waals surface area contributed by atoms with Crippen molar-refractivity contribution in [2.24, 2.45) is 0 Å². The zero-order valence-corrected chi connectivity index (χ0v) is 12.4. The molecule has 0 spiro atoms. The summed E-state index contributed by atoms with van der Waals surface area (Å²) in [4.78, 5) is 8.15. The van der Waals surface area contributed by atoms with Gasteiger partial charge in [-0.15, -0.1) is 0 Å². The van der Waals surface area contributed by atoms with E-state index in [1.165, 1.54) is 10.6 Å². The van der Waals surface area contributed by atoms with Crippen molar-refractivity contribution in [3.63, 3.8) is 0 Å². The molecule has 0 fully saturated rings. The second-order valence-electron chi connectivity index (χ2n) is 4.87. The lowest BCUT2D eigenvalue weighted by molar-refractivity contribution is 0.328. The molecule has 0 unspecified atom stereocenters. The SMILES string of the molecule is CS(=O)(=O)N1CCn2nc(CNc3ncccn3)cc2C1. The number of hydrogen-bond donors (Lipinski definition) is 1. The summed E-state index contributed by atoms with van der Waals surface area (Å²) in [5.41, 5.74) is 1.74. The minimum atomic E-state index is -3.16. The molecule has 3 heterocycles. The van der Waals surface area contributed by atoms with Crippen molar-refractivity contribution in [2.75, 3.05) is 18.1 Å². The highest BCUT2D eigenvalue weighted by Gasteiger charge is 2.24. The lowest BCUT2D eigenvalue weighted by Crippen LogP contribution is -2.37. The predicted octanol–water partition coefficient (Wildman–Crippen LogP) is 0.0604.